The van der Waals surface area contributed by atoms with Crippen LogP contribution in [0, 0.1) is 10.1 Å². The molecule has 128 valence electrons. The standard InChI is InChI=1S/C16H17BrN2O5/c1-22-14-8-16(24-3)15(23-2)6-10(14)9-18-13-5-4-11(19(20)21)7-12(13)17/h4-8,18H,9H2,1-3H3. The fraction of sp³-hybridized carbons (Fsp3) is 0.250. The molecule has 0 heterocycles. The number of hydrogen-bond donors (Lipinski definition) is 1. The molecule has 0 spiro atoms. The van der Waals surface area contributed by atoms with Crippen LogP contribution >= 0.6 is 15.9 Å². The van der Waals surface area contributed by atoms with Crippen molar-refractivity contribution in [2.45, 2.75) is 6.54 Å². The molecule has 1 N–H and O–H groups in total. The molecule has 2 aromatic carbocycles. The van der Waals surface area contributed by atoms with E-state index >= 15 is 0 Å². The topological polar surface area (TPSA) is 82.9 Å². The van der Waals surface area contributed by atoms with Crippen molar-refractivity contribution in [2.75, 3.05) is 26.6 Å². The SMILES string of the molecule is COc1cc(OC)c(OC)cc1CNc1ccc([N+](=O)[O-])cc1Br. The maximum Gasteiger partial charge on any atom is 0.270 e. The number of nitrogens with zero attached hydrogens (tertiary/aromatic N) is 1. The van der Waals surface area contributed by atoms with E-state index in [1.165, 1.54) is 12.1 Å². The molecule has 0 unspecified atom stereocenters. The van der Waals surface area contributed by atoms with E-state index < -0.39 is 4.92 Å². The van der Waals surface area contributed by atoms with Gasteiger partial charge in [-0.3, -0.25) is 10.1 Å². The Bertz CT molecular complexity index is 751. The van der Waals surface area contributed by atoms with E-state index in [0.717, 1.165) is 11.3 Å². The molecule has 0 aliphatic rings. The Labute approximate surface area is 147 Å². The van der Waals surface area contributed by atoms with Crippen molar-refractivity contribution in [1.29, 1.82) is 0 Å². The summed E-state index contributed by atoms with van der Waals surface area (Å²) < 4.78 is 16.5. The highest BCUT2D eigenvalue weighted by molar-refractivity contribution is 9.10. The molecule has 8 heteroatoms. The van der Waals surface area contributed by atoms with Gasteiger partial charge in [-0.2, -0.15) is 0 Å². The van der Waals surface area contributed by atoms with E-state index in [2.05, 4.69) is 21.2 Å². The van der Waals surface area contributed by atoms with Crippen LogP contribution in [0.15, 0.2) is 34.8 Å². The van der Waals surface area contributed by atoms with Crippen molar-refractivity contribution in [2.24, 2.45) is 0 Å². The first-order chi connectivity index (χ1) is 11.5. The molecule has 0 atom stereocenters. The van der Waals surface area contributed by atoms with Gasteiger partial charge in [0.05, 0.1) is 26.3 Å². The zero-order valence-corrected chi connectivity index (χ0v) is 15.0. The normalized spacial score (nSPS) is 10.2. The highest BCUT2D eigenvalue weighted by Gasteiger charge is 2.13. The lowest BCUT2D eigenvalue weighted by atomic mass is 10.1. The minimum atomic E-state index is -0.439. The Hall–Kier alpha value is -2.48. The summed E-state index contributed by atoms with van der Waals surface area (Å²) >= 11 is 3.33. The maximum atomic E-state index is 10.8. The second-order valence-corrected chi connectivity index (χ2v) is 5.65. The van der Waals surface area contributed by atoms with Crippen LogP contribution < -0.4 is 19.5 Å². The van der Waals surface area contributed by atoms with Gasteiger partial charge in [0.2, 0.25) is 0 Å². The second-order valence-electron chi connectivity index (χ2n) is 4.79. The average molecular weight is 397 g/mol. The number of halogens is 1. The summed E-state index contributed by atoms with van der Waals surface area (Å²) in [4.78, 5) is 10.3. The summed E-state index contributed by atoms with van der Waals surface area (Å²) in [7, 11) is 4.70. The first-order valence-corrected chi connectivity index (χ1v) is 7.76. The first kappa shape index (κ1) is 17.9. The smallest absolute Gasteiger partial charge is 0.270 e. The Morgan fingerprint density at radius 1 is 1.04 bits per heavy atom. The summed E-state index contributed by atoms with van der Waals surface area (Å²) in [5.41, 5.74) is 1.62. The predicted octanol–water partition coefficient (Wildman–Crippen LogP) is 4.00. The summed E-state index contributed by atoms with van der Waals surface area (Å²) in [6.07, 6.45) is 0. The molecule has 0 aromatic heterocycles. The van der Waals surface area contributed by atoms with Crippen molar-refractivity contribution < 1.29 is 19.1 Å². The van der Waals surface area contributed by atoms with Gasteiger partial charge in [0.25, 0.3) is 5.69 Å². The zero-order chi connectivity index (χ0) is 17.7. The van der Waals surface area contributed by atoms with Gasteiger partial charge in [-0.15, -0.1) is 0 Å². The number of nitrogens with one attached hydrogen (secondary N) is 1. The number of nitro benzene ring substituents is 1. The van der Waals surface area contributed by atoms with Crippen LogP contribution in [-0.4, -0.2) is 26.3 Å². The molecule has 0 aliphatic carbocycles. The predicted molar refractivity (Wildman–Crippen MR) is 94.2 cm³/mol. The second kappa shape index (κ2) is 7.87. The Balaban J connectivity index is 2.24. The van der Waals surface area contributed by atoms with Gasteiger partial charge in [-0.25, -0.2) is 0 Å². The molecule has 0 saturated heterocycles. The van der Waals surface area contributed by atoms with Crippen molar-refractivity contribution >= 4 is 27.3 Å². The van der Waals surface area contributed by atoms with Crippen LogP contribution in [0.25, 0.3) is 0 Å². The van der Waals surface area contributed by atoms with Crippen molar-refractivity contribution in [3.05, 3.63) is 50.5 Å². The molecule has 24 heavy (non-hydrogen) atoms. The molecule has 0 fully saturated rings. The molecule has 0 aliphatic heterocycles. The molecular weight excluding hydrogens is 380 g/mol. The van der Waals surface area contributed by atoms with Crippen LogP contribution in [0.3, 0.4) is 0 Å². The monoisotopic (exact) mass is 396 g/mol. The molecule has 0 bridgehead atoms. The van der Waals surface area contributed by atoms with Crippen molar-refractivity contribution in [3.63, 3.8) is 0 Å². The molecule has 7 nitrogen and oxygen atoms in total. The van der Waals surface area contributed by atoms with Gasteiger partial charge in [-0.1, -0.05) is 0 Å². The number of rotatable bonds is 7. The van der Waals surface area contributed by atoms with E-state index in [0.29, 0.717) is 28.3 Å². The first-order valence-electron chi connectivity index (χ1n) is 6.96. The fourth-order valence-corrected chi connectivity index (χ4v) is 2.69. The molecule has 0 amide bonds. The highest BCUT2D eigenvalue weighted by atomic mass is 79.9. The van der Waals surface area contributed by atoms with Crippen LogP contribution in [-0.2, 0) is 6.54 Å². The van der Waals surface area contributed by atoms with E-state index in [9.17, 15) is 10.1 Å². The van der Waals surface area contributed by atoms with Gasteiger partial charge < -0.3 is 19.5 Å². The van der Waals surface area contributed by atoms with Gasteiger partial charge in [-0.05, 0) is 28.1 Å². The minimum Gasteiger partial charge on any atom is -0.496 e. The number of non-ortho nitro benzene ring substituents is 1. The number of nitro groups is 1. The number of anilines is 1. The third-order valence-corrected chi connectivity index (χ3v) is 4.08. The molecule has 2 aromatic rings. The van der Waals surface area contributed by atoms with E-state index in [-0.39, 0.29) is 5.69 Å². The summed E-state index contributed by atoms with van der Waals surface area (Å²) in [5.74, 6) is 1.82. The largest absolute Gasteiger partial charge is 0.496 e. The summed E-state index contributed by atoms with van der Waals surface area (Å²) in [6.45, 7) is 0.444. The third-order valence-electron chi connectivity index (χ3n) is 3.42. The lowest BCUT2D eigenvalue weighted by molar-refractivity contribution is -0.384. The van der Waals surface area contributed by atoms with E-state index in [4.69, 9.17) is 14.2 Å². The Morgan fingerprint density at radius 3 is 2.21 bits per heavy atom. The molecule has 2 rings (SSSR count). The zero-order valence-electron chi connectivity index (χ0n) is 13.5. The average Bonchev–Trinajstić information content (AvgIpc) is 2.59. The quantitative estimate of drug-likeness (QED) is 0.562. The highest BCUT2D eigenvalue weighted by Crippen LogP contribution is 2.35. The number of benzene rings is 2. The van der Waals surface area contributed by atoms with Crippen LogP contribution in [0.2, 0.25) is 0 Å². The molecular formula is C16H17BrN2O5. The fourth-order valence-electron chi connectivity index (χ4n) is 2.18. The van der Waals surface area contributed by atoms with Crippen molar-refractivity contribution in [3.8, 4) is 17.2 Å². The minimum absolute atomic E-state index is 0.0242. The number of hydrogen-bond acceptors (Lipinski definition) is 6. The van der Waals surface area contributed by atoms with Gasteiger partial charge in [0, 0.05) is 40.5 Å². The third kappa shape index (κ3) is 3.88. The van der Waals surface area contributed by atoms with Crippen LogP contribution in [0.5, 0.6) is 17.2 Å². The Morgan fingerprint density at radius 2 is 1.67 bits per heavy atom. The van der Waals surface area contributed by atoms with Crippen LogP contribution in [0.4, 0.5) is 11.4 Å². The lowest BCUT2D eigenvalue weighted by Crippen LogP contribution is -2.04. The van der Waals surface area contributed by atoms with E-state index in [1.54, 1.807) is 33.5 Å². The summed E-state index contributed by atoms with van der Waals surface area (Å²) in [5, 5.41) is 14.0. The molecule has 0 saturated carbocycles. The number of methoxy groups -OCH3 is 3. The van der Waals surface area contributed by atoms with Crippen LogP contribution in [0.1, 0.15) is 5.56 Å². The lowest BCUT2D eigenvalue weighted by Gasteiger charge is -2.15. The molecule has 0 radical (unpaired) electrons. The Kier molecular flexibility index (Phi) is 5.86. The van der Waals surface area contributed by atoms with E-state index in [1.807, 2.05) is 6.07 Å². The maximum absolute atomic E-state index is 10.8. The van der Waals surface area contributed by atoms with Crippen molar-refractivity contribution in [1.82, 2.24) is 0 Å². The van der Waals surface area contributed by atoms with Gasteiger partial charge in [0.1, 0.15) is 5.75 Å². The van der Waals surface area contributed by atoms with Gasteiger partial charge >= 0.3 is 0 Å². The summed E-state index contributed by atoms with van der Waals surface area (Å²) in [6, 6.07) is 8.12. The number of ether oxygens (including phenoxy) is 3. The van der Waals surface area contributed by atoms with Gasteiger partial charge in [0.15, 0.2) is 11.5 Å².